The number of rotatable bonds is 9. The standard InChI is InChI=1S/C21H34O3Si/c1-5-21(22-6-2)20(17-16-19-13-10-9-11-14-19)15-12-18-25(21,23-7-3)24-8-4/h9-11,13-14,16-17,20H,5-8,12,15,18H2,1-4H3. The van der Waals surface area contributed by atoms with Gasteiger partial charge < -0.3 is 13.6 Å². The maximum atomic E-state index is 6.50. The Morgan fingerprint density at radius 2 is 1.72 bits per heavy atom. The van der Waals surface area contributed by atoms with Crippen LogP contribution >= 0.6 is 0 Å². The highest BCUT2D eigenvalue weighted by Gasteiger charge is 2.62. The van der Waals surface area contributed by atoms with Gasteiger partial charge in [0, 0.05) is 25.7 Å². The maximum Gasteiger partial charge on any atom is 0.371 e. The molecule has 4 heteroatoms. The van der Waals surface area contributed by atoms with Gasteiger partial charge in [-0.2, -0.15) is 0 Å². The Labute approximate surface area is 154 Å². The predicted octanol–water partition coefficient (Wildman–Crippen LogP) is 5.35. The topological polar surface area (TPSA) is 27.7 Å². The zero-order valence-electron chi connectivity index (χ0n) is 16.3. The van der Waals surface area contributed by atoms with E-state index in [4.69, 9.17) is 13.6 Å². The van der Waals surface area contributed by atoms with Gasteiger partial charge in [0.05, 0.1) is 0 Å². The lowest BCUT2D eigenvalue weighted by Gasteiger charge is -2.52. The van der Waals surface area contributed by atoms with E-state index in [-0.39, 0.29) is 5.22 Å². The van der Waals surface area contributed by atoms with E-state index in [9.17, 15) is 0 Å². The molecule has 2 atom stereocenters. The SMILES string of the molecule is CCOC1(CC)C(C=Cc2ccccc2)CCC[Si]1(OCC)OCC. The van der Waals surface area contributed by atoms with E-state index in [1.807, 2.05) is 0 Å². The highest BCUT2D eigenvalue weighted by Crippen LogP contribution is 2.47. The molecule has 1 aromatic rings. The van der Waals surface area contributed by atoms with Crippen molar-refractivity contribution in [1.29, 1.82) is 0 Å². The first-order valence-electron chi connectivity index (χ1n) is 9.83. The number of ether oxygens (including phenoxy) is 1. The van der Waals surface area contributed by atoms with Crippen LogP contribution in [0.3, 0.4) is 0 Å². The van der Waals surface area contributed by atoms with Crippen LogP contribution < -0.4 is 0 Å². The summed E-state index contributed by atoms with van der Waals surface area (Å²) < 4.78 is 19.3. The van der Waals surface area contributed by atoms with Crippen LogP contribution in [0.2, 0.25) is 6.04 Å². The fourth-order valence-electron chi connectivity index (χ4n) is 4.33. The van der Waals surface area contributed by atoms with Crippen molar-refractivity contribution >= 4 is 14.6 Å². The first-order valence-corrected chi connectivity index (χ1v) is 11.9. The first kappa shape index (κ1) is 20.4. The van der Waals surface area contributed by atoms with Gasteiger partial charge in [0.2, 0.25) is 0 Å². The molecule has 0 saturated carbocycles. The van der Waals surface area contributed by atoms with Crippen molar-refractivity contribution in [3.8, 4) is 0 Å². The second-order valence-corrected chi connectivity index (χ2v) is 9.99. The van der Waals surface area contributed by atoms with Crippen molar-refractivity contribution in [2.45, 2.75) is 58.2 Å². The molecule has 0 spiro atoms. The molecule has 1 aliphatic heterocycles. The van der Waals surface area contributed by atoms with Crippen molar-refractivity contribution in [2.24, 2.45) is 5.92 Å². The Hall–Kier alpha value is -0.943. The molecule has 2 unspecified atom stereocenters. The van der Waals surface area contributed by atoms with Gasteiger partial charge in [-0.15, -0.1) is 0 Å². The van der Waals surface area contributed by atoms with Crippen LogP contribution in [-0.4, -0.2) is 33.6 Å². The van der Waals surface area contributed by atoms with E-state index in [0.717, 1.165) is 25.3 Å². The lowest BCUT2D eigenvalue weighted by atomic mass is 9.92. The van der Waals surface area contributed by atoms with Crippen molar-refractivity contribution < 1.29 is 13.6 Å². The van der Waals surface area contributed by atoms with Crippen LogP contribution in [0.25, 0.3) is 6.08 Å². The summed E-state index contributed by atoms with van der Waals surface area (Å²) in [5, 5.41) is -0.308. The van der Waals surface area contributed by atoms with Crippen LogP contribution in [0, 0.1) is 5.92 Å². The zero-order valence-corrected chi connectivity index (χ0v) is 17.3. The summed E-state index contributed by atoms with van der Waals surface area (Å²) in [6, 6.07) is 11.5. The summed E-state index contributed by atoms with van der Waals surface area (Å²) in [4.78, 5) is 0. The van der Waals surface area contributed by atoms with Crippen LogP contribution in [0.4, 0.5) is 0 Å². The second kappa shape index (κ2) is 9.67. The third kappa shape index (κ3) is 4.25. The molecular formula is C21H34O3Si. The maximum absolute atomic E-state index is 6.50. The van der Waals surface area contributed by atoms with Gasteiger partial charge >= 0.3 is 8.56 Å². The van der Waals surface area contributed by atoms with Crippen molar-refractivity contribution in [3.05, 3.63) is 42.0 Å². The largest absolute Gasteiger partial charge is 0.393 e. The number of hydrogen-bond donors (Lipinski definition) is 0. The molecular weight excluding hydrogens is 328 g/mol. The van der Waals surface area contributed by atoms with Crippen molar-refractivity contribution in [1.82, 2.24) is 0 Å². The molecule has 2 rings (SSSR count). The summed E-state index contributed by atoms with van der Waals surface area (Å²) in [5.41, 5.74) is 1.23. The van der Waals surface area contributed by atoms with Crippen LogP contribution in [0.5, 0.6) is 0 Å². The molecule has 1 fully saturated rings. The summed E-state index contributed by atoms with van der Waals surface area (Å²) in [6.45, 7) is 10.5. The Balaban J connectivity index is 2.40. The van der Waals surface area contributed by atoms with Crippen LogP contribution in [-0.2, 0) is 13.6 Å². The first-order chi connectivity index (χ1) is 12.2. The molecule has 0 bridgehead atoms. The quantitative estimate of drug-likeness (QED) is 0.554. The molecule has 1 heterocycles. The van der Waals surface area contributed by atoms with E-state index >= 15 is 0 Å². The fourth-order valence-corrected chi connectivity index (χ4v) is 8.92. The Morgan fingerprint density at radius 1 is 1.04 bits per heavy atom. The average Bonchev–Trinajstić information content (AvgIpc) is 2.63. The molecule has 0 amide bonds. The molecule has 0 radical (unpaired) electrons. The summed E-state index contributed by atoms with van der Waals surface area (Å²) in [7, 11) is -2.46. The minimum atomic E-state index is -2.46. The summed E-state index contributed by atoms with van der Waals surface area (Å²) in [6.07, 6.45) is 7.78. The van der Waals surface area contributed by atoms with Gasteiger partial charge in [0.25, 0.3) is 0 Å². The second-order valence-electron chi connectivity index (χ2n) is 6.56. The summed E-state index contributed by atoms with van der Waals surface area (Å²) in [5.74, 6) is 0.330. The zero-order chi connectivity index (χ0) is 18.2. The molecule has 1 saturated heterocycles. The molecule has 0 aliphatic carbocycles. The third-order valence-corrected chi connectivity index (χ3v) is 9.95. The number of hydrogen-bond acceptors (Lipinski definition) is 3. The molecule has 3 nitrogen and oxygen atoms in total. The van der Waals surface area contributed by atoms with E-state index in [2.05, 4.69) is 70.2 Å². The van der Waals surface area contributed by atoms with Crippen molar-refractivity contribution in [3.63, 3.8) is 0 Å². The van der Waals surface area contributed by atoms with Gasteiger partial charge in [-0.25, -0.2) is 0 Å². The highest BCUT2D eigenvalue weighted by molar-refractivity contribution is 6.71. The molecule has 1 aromatic carbocycles. The lowest BCUT2D eigenvalue weighted by Crippen LogP contribution is -2.69. The smallest absolute Gasteiger partial charge is 0.371 e. The average molecular weight is 363 g/mol. The molecule has 1 aliphatic rings. The number of benzene rings is 1. The van der Waals surface area contributed by atoms with Gasteiger partial charge in [-0.1, -0.05) is 55.8 Å². The monoisotopic (exact) mass is 362 g/mol. The normalized spacial score (nSPS) is 26.2. The minimum Gasteiger partial charge on any atom is -0.393 e. The van der Waals surface area contributed by atoms with Crippen LogP contribution in [0.1, 0.15) is 52.5 Å². The van der Waals surface area contributed by atoms with Crippen LogP contribution in [0.15, 0.2) is 36.4 Å². The van der Waals surface area contributed by atoms with Crippen molar-refractivity contribution in [2.75, 3.05) is 19.8 Å². The van der Waals surface area contributed by atoms with Gasteiger partial charge in [0.1, 0.15) is 5.22 Å². The molecule has 25 heavy (non-hydrogen) atoms. The molecule has 0 aromatic heterocycles. The van der Waals surface area contributed by atoms with E-state index in [1.54, 1.807) is 0 Å². The highest BCUT2D eigenvalue weighted by atomic mass is 28.4. The van der Waals surface area contributed by atoms with E-state index < -0.39 is 8.56 Å². The molecule has 0 N–H and O–H groups in total. The van der Waals surface area contributed by atoms with E-state index in [0.29, 0.717) is 25.7 Å². The Kier molecular flexibility index (Phi) is 7.88. The molecule has 140 valence electrons. The third-order valence-electron chi connectivity index (χ3n) is 5.27. The predicted molar refractivity (Wildman–Crippen MR) is 107 cm³/mol. The summed E-state index contributed by atoms with van der Waals surface area (Å²) >= 11 is 0. The van der Waals surface area contributed by atoms with Gasteiger partial charge in [-0.3, -0.25) is 0 Å². The fraction of sp³-hybridized carbons (Fsp3) is 0.619. The van der Waals surface area contributed by atoms with Gasteiger partial charge in [-0.05, 0) is 45.2 Å². The Bertz CT molecular complexity index is 520. The minimum absolute atomic E-state index is 0.308. The van der Waals surface area contributed by atoms with Gasteiger partial charge in [0.15, 0.2) is 0 Å². The lowest BCUT2D eigenvalue weighted by molar-refractivity contribution is -0.0645. The van der Waals surface area contributed by atoms with E-state index in [1.165, 1.54) is 5.56 Å². The Morgan fingerprint density at radius 3 is 2.28 bits per heavy atom.